The largest absolute Gasteiger partial charge is 0.337 e. The van der Waals surface area contributed by atoms with Crippen molar-refractivity contribution in [2.24, 2.45) is 11.1 Å². The standard InChI is InChI=1S/C10H19N3O/c11-7-10(3-4-10)8-12-9(14)13-5-1-2-6-13/h1-8,11H2,(H,12,14). The van der Waals surface area contributed by atoms with Crippen LogP contribution in [0.25, 0.3) is 0 Å². The number of carbonyl (C=O) groups is 1. The molecule has 0 unspecified atom stereocenters. The van der Waals surface area contributed by atoms with E-state index in [1.165, 1.54) is 12.8 Å². The average molecular weight is 197 g/mol. The van der Waals surface area contributed by atoms with E-state index in [0.717, 1.165) is 32.5 Å². The third kappa shape index (κ3) is 2.00. The molecule has 1 aliphatic carbocycles. The molecule has 4 nitrogen and oxygen atoms in total. The molecule has 0 aromatic rings. The zero-order valence-electron chi connectivity index (χ0n) is 8.59. The molecule has 1 saturated heterocycles. The van der Waals surface area contributed by atoms with Crippen molar-refractivity contribution >= 4 is 6.03 Å². The number of nitrogens with one attached hydrogen (secondary N) is 1. The number of amides is 2. The van der Waals surface area contributed by atoms with Crippen molar-refractivity contribution in [3.8, 4) is 0 Å². The van der Waals surface area contributed by atoms with Crippen molar-refractivity contribution in [3.63, 3.8) is 0 Å². The van der Waals surface area contributed by atoms with E-state index in [9.17, 15) is 4.79 Å². The molecule has 0 spiro atoms. The minimum Gasteiger partial charge on any atom is -0.337 e. The topological polar surface area (TPSA) is 58.4 Å². The van der Waals surface area contributed by atoms with Crippen LogP contribution in [-0.4, -0.2) is 37.1 Å². The third-order valence-electron chi connectivity index (χ3n) is 3.40. The van der Waals surface area contributed by atoms with E-state index in [-0.39, 0.29) is 11.4 Å². The van der Waals surface area contributed by atoms with Gasteiger partial charge in [-0.1, -0.05) is 0 Å². The number of nitrogens with two attached hydrogens (primary N) is 1. The molecule has 0 bridgehead atoms. The van der Waals surface area contributed by atoms with E-state index in [1.54, 1.807) is 0 Å². The maximum absolute atomic E-state index is 11.6. The van der Waals surface area contributed by atoms with Crippen LogP contribution in [0.15, 0.2) is 0 Å². The summed E-state index contributed by atoms with van der Waals surface area (Å²) in [4.78, 5) is 13.5. The molecule has 14 heavy (non-hydrogen) atoms. The molecule has 0 aromatic heterocycles. The van der Waals surface area contributed by atoms with Crippen molar-refractivity contribution in [1.29, 1.82) is 0 Å². The van der Waals surface area contributed by atoms with Crippen LogP contribution in [0.5, 0.6) is 0 Å². The summed E-state index contributed by atoms with van der Waals surface area (Å²) >= 11 is 0. The molecule has 0 radical (unpaired) electrons. The lowest BCUT2D eigenvalue weighted by Gasteiger charge is -2.19. The first-order valence-corrected chi connectivity index (χ1v) is 5.49. The monoisotopic (exact) mass is 197 g/mol. The van der Waals surface area contributed by atoms with E-state index in [0.29, 0.717) is 6.54 Å². The Labute approximate surface area is 84.8 Å². The number of nitrogens with zero attached hydrogens (tertiary/aromatic N) is 1. The van der Waals surface area contributed by atoms with Gasteiger partial charge in [0, 0.05) is 25.0 Å². The predicted octanol–water partition coefficient (Wildman–Crippen LogP) is 0.531. The lowest BCUT2D eigenvalue weighted by Crippen LogP contribution is -2.42. The fraction of sp³-hybridized carbons (Fsp3) is 0.900. The van der Waals surface area contributed by atoms with Gasteiger partial charge in [-0.3, -0.25) is 0 Å². The van der Waals surface area contributed by atoms with E-state index >= 15 is 0 Å². The van der Waals surface area contributed by atoms with Gasteiger partial charge in [0.2, 0.25) is 0 Å². The molecule has 1 saturated carbocycles. The van der Waals surface area contributed by atoms with Crippen LogP contribution in [0.2, 0.25) is 0 Å². The average Bonchev–Trinajstić information content (AvgIpc) is 2.78. The highest BCUT2D eigenvalue weighted by molar-refractivity contribution is 5.74. The molecule has 0 atom stereocenters. The lowest BCUT2D eigenvalue weighted by molar-refractivity contribution is 0.206. The first kappa shape index (κ1) is 9.77. The third-order valence-corrected chi connectivity index (χ3v) is 3.40. The van der Waals surface area contributed by atoms with Gasteiger partial charge in [-0.2, -0.15) is 0 Å². The number of likely N-dealkylation sites (tertiary alicyclic amines) is 1. The second-order valence-electron chi connectivity index (χ2n) is 4.56. The molecule has 2 aliphatic rings. The summed E-state index contributed by atoms with van der Waals surface area (Å²) in [5, 5.41) is 2.99. The number of carbonyl (C=O) groups excluding carboxylic acids is 1. The minimum atomic E-state index is 0.0993. The Morgan fingerprint density at radius 1 is 1.36 bits per heavy atom. The van der Waals surface area contributed by atoms with Gasteiger partial charge >= 0.3 is 6.03 Å². The van der Waals surface area contributed by atoms with Crippen molar-refractivity contribution in [2.75, 3.05) is 26.2 Å². The fourth-order valence-corrected chi connectivity index (χ4v) is 1.92. The van der Waals surface area contributed by atoms with Crippen molar-refractivity contribution in [3.05, 3.63) is 0 Å². The second kappa shape index (κ2) is 3.77. The van der Waals surface area contributed by atoms with Crippen LogP contribution >= 0.6 is 0 Å². The highest BCUT2D eigenvalue weighted by atomic mass is 16.2. The van der Waals surface area contributed by atoms with Crippen LogP contribution in [0.4, 0.5) is 4.79 Å². The zero-order valence-corrected chi connectivity index (χ0v) is 8.59. The molecule has 2 rings (SSSR count). The van der Waals surface area contributed by atoms with Crippen molar-refractivity contribution in [2.45, 2.75) is 25.7 Å². The summed E-state index contributed by atoms with van der Waals surface area (Å²) in [5.41, 5.74) is 5.89. The Balaban J connectivity index is 1.72. The summed E-state index contributed by atoms with van der Waals surface area (Å²) < 4.78 is 0. The first-order chi connectivity index (χ1) is 6.76. The Morgan fingerprint density at radius 3 is 2.50 bits per heavy atom. The van der Waals surface area contributed by atoms with Crippen LogP contribution in [0.1, 0.15) is 25.7 Å². The van der Waals surface area contributed by atoms with Gasteiger partial charge in [-0.25, -0.2) is 4.79 Å². The van der Waals surface area contributed by atoms with Crippen molar-refractivity contribution < 1.29 is 4.79 Å². The summed E-state index contributed by atoms with van der Waals surface area (Å²) in [6.45, 7) is 3.30. The zero-order chi connectivity index (χ0) is 10.0. The molecule has 2 fully saturated rings. The van der Waals surface area contributed by atoms with Crippen LogP contribution in [0, 0.1) is 5.41 Å². The Bertz CT molecular complexity index is 219. The SMILES string of the molecule is NCC1(CNC(=O)N2CCCC2)CC1. The van der Waals surface area contributed by atoms with Gasteiger partial charge in [0.05, 0.1) is 0 Å². The molecule has 4 heteroatoms. The van der Waals surface area contributed by atoms with Gasteiger partial charge in [0.1, 0.15) is 0 Å². The molecule has 0 aromatic carbocycles. The predicted molar refractivity (Wildman–Crippen MR) is 54.9 cm³/mol. The van der Waals surface area contributed by atoms with Gasteiger partial charge in [-0.15, -0.1) is 0 Å². The van der Waals surface area contributed by atoms with Gasteiger partial charge in [-0.05, 0) is 32.2 Å². The minimum absolute atomic E-state index is 0.0993. The lowest BCUT2D eigenvalue weighted by atomic mass is 10.1. The molecule has 2 amide bonds. The maximum Gasteiger partial charge on any atom is 0.317 e. The number of hydrogen-bond donors (Lipinski definition) is 2. The van der Waals surface area contributed by atoms with Gasteiger partial charge < -0.3 is 16.0 Å². The van der Waals surface area contributed by atoms with Gasteiger partial charge in [0.25, 0.3) is 0 Å². The summed E-state index contributed by atoms with van der Waals surface area (Å²) in [7, 11) is 0. The van der Waals surface area contributed by atoms with E-state index in [2.05, 4.69) is 5.32 Å². The molecule has 1 heterocycles. The Hall–Kier alpha value is -0.770. The molecule has 1 aliphatic heterocycles. The molecule has 80 valence electrons. The number of rotatable bonds is 3. The smallest absolute Gasteiger partial charge is 0.317 e. The quantitative estimate of drug-likeness (QED) is 0.693. The Morgan fingerprint density at radius 2 is 2.00 bits per heavy atom. The van der Waals surface area contributed by atoms with Crippen LogP contribution in [-0.2, 0) is 0 Å². The van der Waals surface area contributed by atoms with E-state index < -0.39 is 0 Å². The van der Waals surface area contributed by atoms with E-state index in [4.69, 9.17) is 5.73 Å². The van der Waals surface area contributed by atoms with Crippen LogP contribution in [0.3, 0.4) is 0 Å². The summed E-state index contributed by atoms with van der Waals surface area (Å²) in [5.74, 6) is 0. The fourth-order valence-electron chi connectivity index (χ4n) is 1.92. The van der Waals surface area contributed by atoms with Gasteiger partial charge in [0.15, 0.2) is 0 Å². The van der Waals surface area contributed by atoms with Crippen molar-refractivity contribution in [1.82, 2.24) is 10.2 Å². The summed E-state index contributed by atoms with van der Waals surface area (Å²) in [6, 6.07) is 0.0993. The number of urea groups is 1. The molecular formula is C10H19N3O. The normalized spacial score (nSPS) is 23.6. The second-order valence-corrected chi connectivity index (χ2v) is 4.56. The highest BCUT2D eigenvalue weighted by Gasteiger charge is 2.41. The molecular weight excluding hydrogens is 178 g/mol. The maximum atomic E-state index is 11.6. The highest BCUT2D eigenvalue weighted by Crippen LogP contribution is 2.43. The van der Waals surface area contributed by atoms with Crippen LogP contribution < -0.4 is 11.1 Å². The summed E-state index contributed by atoms with van der Waals surface area (Å²) in [6.07, 6.45) is 4.64. The van der Waals surface area contributed by atoms with E-state index in [1.807, 2.05) is 4.90 Å². The first-order valence-electron chi connectivity index (χ1n) is 5.49. The molecule has 3 N–H and O–H groups in total. The Kier molecular flexibility index (Phi) is 2.63. The number of hydrogen-bond acceptors (Lipinski definition) is 2.